The summed E-state index contributed by atoms with van der Waals surface area (Å²) in [5, 5.41) is 10.1. The largest absolute Gasteiger partial charge is 0.508 e. The Morgan fingerprint density at radius 2 is 1.95 bits per heavy atom. The molecule has 0 aromatic heterocycles. The van der Waals surface area contributed by atoms with Gasteiger partial charge in [0, 0.05) is 11.4 Å². The monoisotopic (exact) mass is 324 g/mol. The second-order valence-electron chi connectivity index (χ2n) is 4.93. The van der Waals surface area contributed by atoms with E-state index in [1.807, 2.05) is 0 Å². The van der Waals surface area contributed by atoms with Gasteiger partial charge < -0.3 is 14.6 Å². The van der Waals surface area contributed by atoms with E-state index >= 15 is 0 Å². The first kappa shape index (κ1) is 16.4. The van der Waals surface area contributed by atoms with Gasteiger partial charge in [0.15, 0.2) is 5.78 Å². The summed E-state index contributed by atoms with van der Waals surface area (Å²) in [7, 11) is 0. The molecule has 1 heterocycles. The molecule has 0 amide bonds. The third-order valence-corrected chi connectivity index (χ3v) is 3.49. The van der Waals surface area contributed by atoms with Crippen molar-refractivity contribution in [2.24, 2.45) is 0 Å². The number of cyclic esters (lactones) is 1. The third-order valence-electron chi connectivity index (χ3n) is 3.24. The molecule has 1 aromatic rings. The smallest absolute Gasteiger partial charge is 0.345 e. The second-order valence-corrected chi connectivity index (χ2v) is 5.37. The van der Waals surface area contributed by atoms with Crippen molar-refractivity contribution >= 4 is 23.4 Å². The molecular weight excluding hydrogens is 308 g/mol. The average Bonchev–Trinajstić information content (AvgIpc) is 2.83. The molecule has 0 fully saturated rings. The Labute approximate surface area is 133 Å². The number of halogens is 1. The summed E-state index contributed by atoms with van der Waals surface area (Å²) >= 11 is 5.78. The van der Waals surface area contributed by atoms with Gasteiger partial charge in [-0.05, 0) is 43.5 Å². The zero-order valence-electron chi connectivity index (χ0n) is 12.0. The molecule has 1 N–H and O–H groups in total. The highest BCUT2D eigenvalue weighted by atomic mass is 35.5. The number of Topliss-reactive ketones (excluding diaryl/α,β-unsaturated/α-hetero) is 1. The molecule has 22 heavy (non-hydrogen) atoms. The lowest BCUT2D eigenvalue weighted by Crippen LogP contribution is -2.11. The zero-order valence-corrected chi connectivity index (χ0v) is 12.8. The number of carbonyl (C=O) groups is 2. The number of aliphatic hydroxyl groups excluding tert-OH is 1. The first-order valence-electron chi connectivity index (χ1n) is 7.08. The molecule has 0 saturated carbocycles. The molecule has 6 heteroatoms. The summed E-state index contributed by atoms with van der Waals surface area (Å²) in [5.74, 6) is -0.600. The number of rotatable bonds is 8. The van der Waals surface area contributed by atoms with E-state index in [2.05, 4.69) is 4.74 Å². The minimum absolute atomic E-state index is 0.197. The van der Waals surface area contributed by atoms with Crippen molar-refractivity contribution in [3.8, 4) is 5.75 Å². The molecule has 0 radical (unpaired) electrons. The zero-order chi connectivity index (χ0) is 15.9. The molecular formula is C16H17ClO5. The summed E-state index contributed by atoms with van der Waals surface area (Å²) in [6.07, 6.45) is 2.44. The summed E-state index contributed by atoms with van der Waals surface area (Å²) in [6, 6.07) is 7.12. The van der Waals surface area contributed by atoms with Crippen molar-refractivity contribution in [1.82, 2.24) is 0 Å². The minimum atomic E-state index is -0.728. The number of hydrogen-bond donors (Lipinski definition) is 1. The van der Waals surface area contributed by atoms with Crippen LogP contribution < -0.4 is 4.74 Å². The van der Waals surface area contributed by atoms with Crippen LogP contribution in [0.5, 0.6) is 5.75 Å². The number of aliphatic hydroxyl groups is 1. The lowest BCUT2D eigenvalue weighted by molar-refractivity contribution is -0.137. The topological polar surface area (TPSA) is 72.8 Å². The van der Waals surface area contributed by atoms with Crippen LogP contribution in [0, 0.1) is 0 Å². The molecule has 0 aliphatic carbocycles. The van der Waals surface area contributed by atoms with E-state index in [9.17, 15) is 14.7 Å². The minimum Gasteiger partial charge on any atom is -0.508 e. The van der Waals surface area contributed by atoms with Gasteiger partial charge in [0.05, 0.1) is 6.61 Å². The second kappa shape index (κ2) is 7.84. The molecule has 2 rings (SSSR count). The predicted molar refractivity (Wildman–Crippen MR) is 81.0 cm³/mol. The van der Waals surface area contributed by atoms with E-state index in [0.29, 0.717) is 18.1 Å². The maximum atomic E-state index is 11.8. The molecule has 0 atom stereocenters. The third kappa shape index (κ3) is 4.49. The van der Waals surface area contributed by atoms with Gasteiger partial charge in [-0.2, -0.15) is 0 Å². The average molecular weight is 325 g/mol. The molecule has 5 nitrogen and oxygen atoms in total. The fraction of sp³-hybridized carbons (Fsp3) is 0.375. The van der Waals surface area contributed by atoms with Crippen LogP contribution in [0.15, 0.2) is 35.6 Å². The van der Waals surface area contributed by atoms with Crippen LogP contribution in [-0.2, 0) is 14.3 Å². The summed E-state index contributed by atoms with van der Waals surface area (Å²) in [6.45, 7) is 0.348. The van der Waals surface area contributed by atoms with Gasteiger partial charge in [0.25, 0.3) is 0 Å². The SMILES string of the molecule is O=C(CCCCCOc1ccc(Cl)cc1)C1=C(O)COC1=O. The van der Waals surface area contributed by atoms with Crippen molar-refractivity contribution < 1.29 is 24.2 Å². The number of benzene rings is 1. The van der Waals surface area contributed by atoms with Crippen LogP contribution in [0.1, 0.15) is 25.7 Å². The molecule has 1 aliphatic heterocycles. The molecule has 0 bridgehead atoms. The van der Waals surface area contributed by atoms with E-state index in [1.165, 1.54) is 0 Å². The normalized spacial score (nSPS) is 14.1. The molecule has 0 saturated heterocycles. The van der Waals surface area contributed by atoms with Gasteiger partial charge in [-0.1, -0.05) is 11.6 Å². The number of carbonyl (C=O) groups excluding carboxylic acids is 2. The Morgan fingerprint density at radius 1 is 1.23 bits per heavy atom. The predicted octanol–water partition coefficient (Wildman–Crippen LogP) is 3.22. The van der Waals surface area contributed by atoms with Gasteiger partial charge in [-0.3, -0.25) is 4.79 Å². The Morgan fingerprint density at radius 3 is 2.59 bits per heavy atom. The van der Waals surface area contributed by atoms with Gasteiger partial charge in [-0.25, -0.2) is 4.79 Å². The standard InChI is InChI=1S/C16H17ClO5/c17-11-5-7-12(8-6-11)21-9-3-1-2-4-13(18)15-14(19)10-22-16(15)20/h5-8,19H,1-4,9-10H2. The highest BCUT2D eigenvalue weighted by molar-refractivity contribution is 6.30. The molecule has 0 unspecified atom stereocenters. The number of esters is 1. The summed E-state index contributed by atoms with van der Waals surface area (Å²) in [5.41, 5.74) is -0.197. The van der Waals surface area contributed by atoms with Crippen LogP contribution in [-0.4, -0.2) is 30.1 Å². The van der Waals surface area contributed by atoms with Crippen LogP contribution in [0.3, 0.4) is 0 Å². The molecule has 118 valence electrons. The van der Waals surface area contributed by atoms with E-state index < -0.39 is 5.97 Å². The van der Waals surface area contributed by atoms with E-state index in [0.717, 1.165) is 18.6 Å². The van der Waals surface area contributed by atoms with Crippen molar-refractivity contribution in [3.63, 3.8) is 0 Å². The fourth-order valence-corrected chi connectivity index (χ4v) is 2.21. The first-order valence-corrected chi connectivity index (χ1v) is 7.46. The summed E-state index contributed by atoms with van der Waals surface area (Å²) < 4.78 is 10.1. The molecule has 0 spiro atoms. The summed E-state index contributed by atoms with van der Waals surface area (Å²) in [4.78, 5) is 23.0. The Bertz CT molecular complexity index is 577. The number of ether oxygens (including phenoxy) is 2. The fourth-order valence-electron chi connectivity index (χ4n) is 2.08. The highest BCUT2D eigenvalue weighted by Gasteiger charge is 2.29. The van der Waals surface area contributed by atoms with Crippen LogP contribution in [0.4, 0.5) is 0 Å². The maximum absolute atomic E-state index is 11.8. The quantitative estimate of drug-likeness (QED) is 0.451. The van der Waals surface area contributed by atoms with E-state index in [-0.39, 0.29) is 30.1 Å². The molecule has 1 aliphatic rings. The maximum Gasteiger partial charge on any atom is 0.345 e. The number of unbranched alkanes of at least 4 members (excludes halogenated alkanes) is 2. The van der Waals surface area contributed by atoms with Crippen molar-refractivity contribution in [1.29, 1.82) is 0 Å². The van der Waals surface area contributed by atoms with Gasteiger partial charge in [0.2, 0.25) is 0 Å². The number of hydrogen-bond acceptors (Lipinski definition) is 5. The number of ketones is 1. The highest BCUT2D eigenvalue weighted by Crippen LogP contribution is 2.18. The van der Waals surface area contributed by atoms with Gasteiger partial charge >= 0.3 is 5.97 Å². The Hall–Kier alpha value is -2.01. The van der Waals surface area contributed by atoms with Crippen LogP contribution in [0.25, 0.3) is 0 Å². The Balaban J connectivity index is 1.61. The van der Waals surface area contributed by atoms with Gasteiger partial charge in [0.1, 0.15) is 23.7 Å². The van der Waals surface area contributed by atoms with Crippen LogP contribution >= 0.6 is 11.6 Å². The van der Waals surface area contributed by atoms with Crippen LogP contribution in [0.2, 0.25) is 5.02 Å². The molecule has 1 aromatic carbocycles. The van der Waals surface area contributed by atoms with Gasteiger partial charge in [-0.15, -0.1) is 0 Å². The lowest BCUT2D eigenvalue weighted by atomic mass is 10.0. The van der Waals surface area contributed by atoms with Crippen molar-refractivity contribution in [2.45, 2.75) is 25.7 Å². The van der Waals surface area contributed by atoms with E-state index in [4.69, 9.17) is 16.3 Å². The van der Waals surface area contributed by atoms with Crippen molar-refractivity contribution in [3.05, 3.63) is 40.6 Å². The first-order chi connectivity index (χ1) is 10.6. The lowest BCUT2D eigenvalue weighted by Gasteiger charge is -2.06. The van der Waals surface area contributed by atoms with E-state index in [1.54, 1.807) is 24.3 Å². The van der Waals surface area contributed by atoms with Crippen molar-refractivity contribution in [2.75, 3.05) is 13.2 Å². The Kier molecular flexibility index (Phi) is 5.83.